The lowest BCUT2D eigenvalue weighted by molar-refractivity contribution is 0.0275. The average Bonchev–Trinajstić information content (AvgIpc) is 2.17. The van der Waals surface area contributed by atoms with Gasteiger partial charge in [0.05, 0.1) is 12.7 Å². The fraction of sp³-hybridized carbons (Fsp3) is 0.455. The lowest BCUT2D eigenvalue weighted by Gasteiger charge is -2.28. The smallest absolute Gasteiger partial charge is 0.126 e. The highest BCUT2D eigenvalue weighted by Gasteiger charge is 2.25. The molecule has 2 rings (SSSR count). The Bertz CT molecular complexity index is 338. The summed E-state index contributed by atoms with van der Waals surface area (Å²) in [5.41, 5.74) is 7.46. The minimum Gasteiger partial charge on any atom is -0.372 e. The minimum absolute atomic E-state index is 0.101. The highest BCUT2D eigenvalue weighted by molar-refractivity contribution is 5.33. The number of rotatable bonds is 1. The number of hydrogen-bond acceptors (Lipinski definition) is 2. The third-order valence-corrected chi connectivity index (χ3v) is 2.59. The topological polar surface area (TPSA) is 35.2 Å². The van der Waals surface area contributed by atoms with Crippen molar-refractivity contribution in [1.29, 1.82) is 0 Å². The van der Waals surface area contributed by atoms with Gasteiger partial charge in [-0.1, -0.05) is 12.1 Å². The second kappa shape index (κ2) is 3.67. The van der Waals surface area contributed by atoms with Gasteiger partial charge in [-0.2, -0.15) is 0 Å². The second-order valence-corrected chi connectivity index (χ2v) is 3.71. The number of nitrogens with two attached hydrogens (primary N) is 1. The molecule has 14 heavy (non-hydrogen) atoms. The van der Waals surface area contributed by atoms with Crippen LogP contribution in [-0.4, -0.2) is 12.6 Å². The van der Waals surface area contributed by atoms with Crippen LogP contribution < -0.4 is 5.73 Å². The van der Waals surface area contributed by atoms with Crippen LogP contribution >= 0.6 is 0 Å². The van der Waals surface area contributed by atoms with Crippen LogP contribution in [0.3, 0.4) is 0 Å². The van der Waals surface area contributed by atoms with E-state index < -0.39 is 0 Å². The van der Waals surface area contributed by atoms with Crippen LogP contribution in [0.5, 0.6) is 0 Å². The van der Waals surface area contributed by atoms with Crippen molar-refractivity contribution < 1.29 is 9.13 Å². The molecule has 1 aromatic carbocycles. The quantitative estimate of drug-likeness (QED) is 0.741. The van der Waals surface area contributed by atoms with Crippen molar-refractivity contribution in [3.63, 3.8) is 0 Å². The van der Waals surface area contributed by atoms with Gasteiger partial charge in [-0.3, -0.25) is 0 Å². The van der Waals surface area contributed by atoms with Gasteiger partial charge in [0.2, 0.25) is 0 Å². The van der Waals surface area contributed by atoms with Crippen LogP contribution in [0.1, 0.15) is 24.2 Å². The molecule has 1 heterocycles. The number of fused-ring (bicyclic) bond motifs is 1. The van der Waals surface area contributed by atoms with E-state index >= 15 is 0 Å². The molecular formula is C11H14FNO. The molecule has 0 aromatic heterocycles. The normalized spacial score (nSPS) is 22.9. The third kappa shape index (κ3) is 1.53. The van der Waals surface area contributed by atoms with Gasteiger partial charge in [0.25, 0.3) is 0 Å². The summed E-state index contributed by atoms with van der Waals surface area (Å²) < 4.78 is 18.9. The molecule has 2 atom stereocenters. The first-order valence-electron chi connectivity index (χ1n) is 4.84. The summed E-state index contributed by atoms with van der Waals surface area (Å²) in [5.74, 6) is -0.142. The van der Waals surface area contributed by atoms with Crippen molar-refractivity contribution in [2.24, 2.45) is 5.73 Å². The molecule has 0 fully saturated rings. The van der Waals surface area contributed by atoms with Crippen LogP contribution in [0.2, 0.25) is 0 Å². The monoisotopic (exact) mass is 195 g/mol. The van der Waals surface area contributed by atoms with E-state index in [2.05, 4.69) is 0 Å². The van der Waals surface area contributed by atoms with E-state index in [1.807, 2.05) is 13.0 Å². The van der Waals surface area contributed by atoms with Crippen LogP contribution in [0, 0.1) is 5.82 Å². The molecule has 0 bridgehead atoms. The van der Waals surface area contributed by atoms with Crippen molar-refractivity contribution >= 4 is 0 Å². The van der Waals surface area contributed by atoms with E-state index in [0.717, 1.165) is 11.1 Å². The SMILES string of the molecule is C[C@H](N)C1OCCc2c(F)cccc21. The predicted octanol–water partition coefficient (Wildman–Crippen LogP) is 1.79. The zero-order chi connectivity index (χ0) is 10.1. The number of halogens is 1. The Balaban J connectivity index is 2.44. The molecule has 3 heteroatoms. The summed E-state index contributed by atoms with van der Waals surface area (Å²) in [6, 6.07) is 4.99. The first-order valence-corrected chi connectivity index (χ1v) is 4.84. The maximum atomic E-state index is 13.4. The van der Waals surface area contributed by atoms with Crippen LogP contribution in [-0.2, 0) is 11.2 Å². The maximum Gasteiger partial charge on any atom is 0.126 e. The van der Waals surface area contributed by atoms with Gasteiger partial charge in [0.1, 0.15) is 5.82 Å². The van der Waals surface area contributed by atoms with Gasteiger partial charge in [-0.15, -0.1) is 0 Å². The highest BCUT2D eigenvalue weighted by Crippen LogP contribution is 2.30. The van der Waals surface area contributed by atoms with Gasteiger partial charge < -0.3 is 10.5 Å². The minimum atomic E-state index is -0.158. The molecule has 76 valence electrons. The molecule has 2 N–H and O–H groups in total. The molecule has 0 amide bonds. The number of ether oxygens (including phenoxy) is 1. The Morgan fingerprint density at radius 1 is 1.57 bits per heavy atom. The molecule has 0 spiro atoms. The average molecular weight is 195 g/mol. The predicted molar refractivity (Wildman–Crippen MR) is 52.4 cm³/mol. The van der Waals surface area contributed by atoms with Gasteiger partial charge in [0.15, 0.2) is 0 Å². The van der Waals surface area contributed by atoms with E-state index in [9.17, 15) is 4.39 Å². The Morgan fingerprint density at radius 3 is 3.07 bits per heavy atom. The largest absolute Gasteiger partial charge is 0.372 e. The van der Waals surface area contributed by atoms with Gasteiger partial charge >= 0.3 is 0 Å². The maximum absolute atomic E-state index is 13.4. The summed E-state index contributed by atoms with van der Waals surface area (Å²) in [4.78, 5) is 0. The van der Waals surface area contributed by atoms with Crippen molar-refractivity contribution in [2.45, 2.75) is 25.5 Å². The van der Waals surface area contributed by atoms with Crippen molar-refractivity contribution in [2.75, 3.05) is 6.61 Å². The molecule has 1 aromatic rings. The fourth-order valence-electron chi connectivity index (χ4n) is 1.92. The third-order valence-electron chi connectivity index (χ3n) is 2.59. The molecular weight excluding hydrogens is 181 g/mol. The fourth-order valence-corrected chi connectivity index (χ4v) is 1.92. The number of hydrogen-bond donors (Lipinski definition) is 1. The summed E-state index contributed by atoms with van der Waals surface area (Å²) in [5, 5.41) is 0. The van der Waals surface area contributed by atoms with Gasteiger partial charge in [0, 0.05) is 6.04 Å². The standard InChI is InChI=1S/C11H14FNO/c1-7(13)11-9-3-2-4-10(12)8(9)5-6-14-11/h2-4,7,11H,5-6,13H2,1H3/t7-,11?/m0/s1. The van der Waals surface area contributed by atoms with Crippen molar-refractivity contribution in [1.82, 2.24) is 0 Å². The first kappa shape index (κ1) is 9.62. The zero-order valence-corrected chi connectivity index (χ0v) is 8.16. The molecule has 0 saturated carbocycles. The van der Waals surface area contributed by atoms with Gasteiger partial charge in [-0.25, -0.2) is 4.39 Å². The van der Waals surface area contributed by atoms with Crippen LogP contribution in [0.15, 0.2) is 18.2 Å². The van der Waals surface area contributed by atoms with Crippen LogP contribution in [0.25, 0.3) is 0 Å². The molecule has 1 aliphatic heterocycles. The Hall–Kier alpha value is -0.930. The molecule has 0 radical (unpaired) electrons. The Morgan fingerprint density at radius 2 is 2.36 bits per heavy atom. The highest BCUT2D eigenvalue weighted by atomic mass is 19.1. The van der Waals surface area contributed by atoms with E-state index in [4.69, 9.17) is 10.5 Å². The van der Waals surface area contributed by atoms with Crippen molar-refractivity contribution in [3.05, 3.63) is 35.1 Å². The van der Waals surface area contributed by atoms with Crippen LogP contribution in [0.4, 0.5) is 4.39 Å². The van der Waals surface area contributed by atoms with E-state index in [1.165, 1.54) is 6.07 Å². The molecule has 2 nitrogen and oxygen atoms in total. The summed E-state index contributed by atoms with van der Waals surface area (Å²) in [7, 11) is 0. The Kier molecular flexibility index (Phi) is 2.52. The van der Waals surface area contributed by atoms with E-state index in [1.54, 1.807) is 6.07 Å². The summed E-state index contributed by atoms with van der Waals surface area (Å²) in [6.07, 6.45) is 0.486. The van der Waals surface area contributed by atoms with E-state index in [-0.39, 0.29) is 18.0 Å². The Labute approximate surface area is 82.9 Å². The van der Waals surface area contributed by atoms with Crippen molar-refractivity contribution in [3.8, 4) is 0 Å². The first-order chi connectivity index (χ1) is 6.70. The number of benzene rings is 1. The second-order valence-electron chi connectivity index (χ2n) is 3.71. The molecule has 1 aliphatic rings. The lowest BCUT2D eigenvalue weighted by Crippen LogP contribution is -2.31. The molecule has 0 aliphatic carbocycles. The van der Waals surface area contributed by atoms with Gasteiger partial charge in [-0.05, 0) is 30.5 Å². The summed E-state index contributed by atoms with van der Waals surface area (Å²) >= 11 is 0. The zero-order valence-electron chi connectivity index (χ0n) is 8.16. The lowest BCUT2D eigenvalue weighted by atomic mass is 9.94. The van der Waals surface area contributed by atoms with E-state index in [0.29, 0.717) is 13.0 Å². The molecule has 1 unspecified atom stereocenters. The summed E-state index contributed by atoms with van der Waals surface area (Å²) in [6.45, 7) is 2.44. The molecule has 0 saturated heterocycles.